The molecule has 4 nitrogen and oxygen atoms in total. The van der Waals surface area contributed by atoms with E-state index in [0.717, 1.165) is 12.8 Å². The van der Waals surface area contributed by atoms with Gasteiger partial charge in [-0.15, -0.1) is 0 Å². The van der Waals surface area contributed by atoms with Gasteiger partial charge in [0.15, 0.2) is 0 Å². The summed E-state index contributed by atoms with van der Waals surface area (Å²) in [5, 5.41) is 8.73. The van der Waals surface area contributed by atoms with Crippen molar-refractivity contribution in [3.05, 3.63) is 0 Å². The maximum absolute atomic E-state index is 11.7. The number of unbranched alkanes of at least 4 members (excludes halogenated alkanes) is 1. The number of nitrogens with zero attached hydrogens (tertiary/aromatic N) is 1. The Morgan fingerprint density at radius 1 is 1.27 bits per heavy atom. The molecule has 0 radical (unpaired) electrons. The number of rotatable bonds is 5. The monoisotopic (exact) mass is 215 g/mol. The number of carbonyl (C=O) groups excluding carboxylic acids is 1. The maximum atomic E-state index is 11.7. The predicted molar refractivity (Wildman–Crippen MR) is 58.6 cm³/mol. The molecule has 0 fully saturated rings. The van der Waals surface area contributed by atoms with E-state index >= 15 is 0 Å². The first kappa shape index (κ1) is 13.9. The van der Waals surface area contributed by atoms with Gasteiger partial charge in [-0.05, 0) is 27.2 Å². The van der Waals surface area contributed by atoms with Gasteiger partial charge in [0.25, 0.3) is 0 Å². The molecule has 88 valence electrons. The number of hydrogen-bond acceptors (Lipinski definition) is 2. The zero-order valence-electron chi connectivity index (χ0n) is 10.0. The molecule has 15 heavy (non-hydrogen) atoms. The fraction of sp³-hybridized carbons (Fsp3) is 0.818. The van der Waals surface area contributed by atoms with Crippen molar-refractivity contribution in [2.75, 3.05) is 6.54 Å². The maximum Gasteiger partial charge on any atom is 0.323 e. The van der Waals surface area contributed by atoms with Crippen molar-refractivity contribution < 1.29 is 14.7 Å². The Hall–Kier alpha value is -1.06. The highest BCUT2D eigenvalue weighted by atomic mass is 16.4. The summed E-state index contributed by atoms with van der Waals surface area (Å²) in [5.74, 6) is -1.04. The van der Waals surface area contributed by atoms with Crippen LogP contribution in [0.15, 0.2) is 0 Å². The fourth-order valence-corrected chi connectivity index (χ4v) is 1.30. The first-order valence-electron chi connectivity index (χ1n) is 5.31. The lowest BCUT2D eigenvalue weighted by Gasteiger charge is -2.34. The van der Waals surface area contributed by atoms with Crippen LogP contribution in [0.1, 0.15) is 47.0 Å². The highest BCUT2D eigenvalue weighted by Crippen LogP contribution is 2.15. The molecule has 0 spiro atoms. The molecule has 0 aliphatic heterocycles. The predicted octanol–water partition coefficient (Wildman–Crippen LogP) is 1.89. The first-order chi connectivity index (χ1) is 6.79. The van der Waals surface area contributed by atoms with Gasteiger partial charge in [0, 0.05) is 12.0 Å². The fourth-order valence-electron chi connectivity index (χ4n) is 1.30. The summed E-state index contributed by atoms with van der Waals surface area (Å²) in [7, 11) is 0. The minimum atomic E-state index is -0.963. The molecule has 0 saturated carbocycles. The SMILES string of the molecule is CCCCC(=O)N(CC(=O)O)C(C)(C)C. The summed E-state index contributed by atoms with van der Waals surface area (Å²) >= 11 is 0. The molecule has 0 rings (SSSR count). The minimum Gasteiger partial charge on any atom is -0.480 e. The first-order valence-corrected chi connectivity index (χ1v) is 5.31. The molecular weight excluding hydrogens is 194 g/mol. The lowest BCUT2D eigenvalue weighted by molar-refractivity contribution is -0.148. The van der Waals surface area contributed by atoms with Gasteiger partial charge in [-0.3, -0.25) is 9.59 Å². The van der Waals surface area contributed by atoms with Crippen molar-refractivity contribution in [3.63, 3.8) is 0 Å². The van der Waals surface area contributed by atoms with Gasteiger partial charge in [-0.2, -0.15) is 0 Å². The third-order valence-corrected chi connectivity index (χ3v) is 2.15. The Kier molecular flexibility index (Phi) is 5.33. The number of carboxylic acids is 1. The standard InChI is InChI=1S/C11H21NO3/c1-5-6-7-9(13)12(8-10(14)15)11(2,3)4/h5-8H2,1-4H3,(H,14,15). The molecule has 1 N–H and O–H groups in total. The minimum absolute atomic E-state index is 0.0771. The van der Waals surface area contributed by atoms with E-state index in [4.69, 9.17) is 5.11 Å². The number of carbonyl (C=O) groups is 2. The molecule has 0 atom stereocenters. The Labute approximate surface area is 91.3 Å². The smallest absolute Gasteiger partial charge is 0.323 e. The van der Waals surface area contributed by atoms with Crippen LogP contribution in [-0.4, -0.2) is 34.0 Å². The van der Waals surface area contributed by atoms with Crippen molar-refractivity contribution in [2.45, 2.75) is 52.5 Å². The second-order valence-corrected chi connectivity index (χ2v) is 4.65. The summed E-state index contributed by atoms with van der Waals surface area (Å²) < 4.78 is 0. The number of aliphatic carboxylic acids is 1. The van der Waals surface area contributed by atoms with E-state index in [9.17, 15) is 9.59 Å². The molecular formula is C11H21NO3. The highest BCUT2D eigenvalue weighted by Gasteiger charge is 2.27. The third-order valence-electron chi connectivity index (χ3n) is 2.15. The van der Waals surface area contributed by atoms with E-state index in [1.807, 2.05) is 27.7 Å². The van der Waals surface area contributed by atoms with Crippen molar-refractivity contribution in [1.82, 2.24) is 4.90 Å². The zero-order chi connectivity index (χ0) is 12.1. The van der Waals surface area contributed by atoms with E-state index in [2.05, 4.69) is 0 Å². The van der Waals surface area contributed by atoms with Gasteiger partial charge in [0.1, 0.15) is 6.54 Å². The van der Waals surface area contributed by atoms with Crippen molar-refractivity contribution in [3.8, 4) is 0 Å². The van der Waals surface area contributed by atoms with E-state index in [1.54, 1.807) is 0 Å². The van der Waals surface area contributed by atoms with Crippen LogP contribution >= 0.6 is 0 Å². The van der Waals surface area contributed by atoms with Gasteiger partial charge in [-0.1, -0.05) is 13.3 Å². The Balaban J connectivity index is 4.49. The van der Waals surface area contributed by atoms with Crippen LogP contribution in [0, 0.1) is 0 Å². The molecule has 0 saturated heterocycles. The normalized spacial score (nSPS) is 11.2. The molecule has 0 aliphatic rings. The molecule has 0 aromatic heterocycles. The van der Waals surface area contributed by atoms with E-state index in [1.165, 1.54) is 4.90 Å². The van der Waals surface area contributed by atoms with Crippen LogP contribution in [0.3, 0.4) is 0 Å². The topological polar surface area (TPSA) is 57.6 Å². The second kappa shape index (κ2) is 5.73. The summed E-state index contributed by atoms with van der Waals surface area (Å²) in [6, 6.07) is 0. The quantitative estimate of drug-likeness (QED) is 0.762. The zero-order valence-corrected chi connectivity index (χ0v) is 10.0. The number of carboxylic acid groups (broad SMARTS) is 1. The van der Waals surface area contributed by atoms with Gasteiger partial charge >= 0.3 is 5.97 Å². The van der Waals surface area contributed by atoms with Crippen molar-refractivity contribution >= 4 is 11.9 Å². The molecule has 0 aromatic carbocycles. The van der Waals surface area contributed by atoms with Crippen LogP contribution in [-0.2, 0) is 9.59 Å². The molecule has 0 aliphatic carbocycles. The van der Waals surface area contributed by atoms with Gasteiger partial charge in [-0.25, -0.2) is 0 Å². The van der Waals surface area contributed by atoms with Gasteiger partial charge in [0.2, 0.25) is 5.91 Å². The summed E-state index contributed by atoms with van der Waals surface area (Å²) in [6.07, 6.45) is 2.18. The molecule has 0 unspecified atom stereocenters. The molecule has 4 heteroatoms. The summed E-state index contributed by atoms with van der Waals surface area (Å²) in [6.45, 7) is 7.33. The largest absolute Gasteiger partial charge is 0.480 e. The Bertz CT molecular complexity index is 230. The lowest BCUT2D eigenvalue weighted by Crippen LogP contribution is -2.48. The van der Waals surface area contributed by atoms with Crippen molar-refractivity contribution in [2.24, 2.45) is 0 Å². The molecule has 0 bridgehead atoms. The van der Waals surface area contributed by atoms with Gasteiger partial charge in [0.05, 0.1) is 0 Å². The number of amides is 1. The average molecular weight is 215 g/mol. The summed E-state index contributed by atoms with van der Waals surface area (Å²) in [5.41, 5.74) is -0.427. The van der Waals surface area contributed by atoms with Gasteiger partial charge < -0.3 is 10.0 Å². The summed E-state index contributed by atoms with van der Waals surface area (Å²) in [4.78, 5) is 23.8. The number of hydrogen-bond donors (Lipinski definition) is 1. The third kappa shape index (κ3) is 5.40. The van der Waals surface area contributed by atoms with E-state index < -0.39 is 11.5 Å². The van der Waals surface area contributed by atoms with E-state index in [-0.39, 0.29) is 12.5 Å². The lowest BCUT2D eigenvalue weighted by atomic mass is 10.0. The highest BCUT2D eigenvalue weighted by molar-refractivity contribution is 5.81. The van der Waals surface area contributed by atoms with Crippen LogP contribution in [0.25, 0.3) is 0 Å². The molecule has 1 amide bonds. The van der Waals surface area contributed by atoms with Crippen LogP contribution in [0.5, 0.6) is 0 Å². The van der Waals surface area contributed by atoms with Crippen LogP contribution < -0.4 is 0 Å². The Morgan fingerprint density at radius 3 is 2.13 bits per heavy atom. The second-order valence-electron chi connectivity index (χ2n) is 4.65. The van der Waals surface area contributed by atoms with Crippen molar-refractivity contribution in [1.29, 1.82) is 0 Å². The van der Waals surface area contributed by atoms with Crippen LogP contribution in [0.4, 0.5) is 0 Å². The molecule has 0 heterocycles. The van der Waals surface area contributed by atoms with E-state index in [0.29, 0.717) is 6.42 Å². The molecule has 0 aromatic rings. The average Bonchev–Trinajstić information content (AvgIpc) is 2.08. The van der Waals surface area contributed by atoms with Crippen LogP contribution in [0.2, 0.25) is 0 Å². The Morgan fingerprint density at radius 2 is 1.80 bits per heavy atom.